The Morgan fingerprint density at radius 2 is 1.62 bits per heavy atom. The van der Waals surface area contributed by atoms with E-state index < -0.39 is 22.9 Å². The summed E-state index contributed by atoms with van der Waals surface area (Å²) in [6.45, 7) is 1.79. The number of hydrogen-bond donors (Lipinski definition) is 4. The largest absolute Gasteiger partial charge is 0.473 e. The second-order valence-corrected chi connectivity index (χ2v) is 8.53. The molecule has 192 valence electrons. The van der Waals surface area contributed by atoms with Crippen molar-refractivity contribution in [2.75, 3.05) is 5.32 Å². The third-order valence-corrected chi connectivity index (χ3v) is 5.92. The highest BCUT2D eigenvalue weighted by Gasteiger charge is 2.28. The Hall–Kier alpha value is -4.57. The van der Waals surface area contributed by atoms with E-state index in [1.54, 1.807) is 19.1 Å². The molecule has 0 spiro atoms. The average Bonchev–Trinajstić information content (AvgIpc) is 2.89. The van der Waals surface area contributed by atoms with Gasteiger partial charge in [-0.05, 0) is 54.5 Å². The predicted molar refractivity (Wildman–Crippen MR) is 136 cm³/mol. The zero-order chi connectivity index (χ0) is 26.9. The Morgan fingerprint density at radius 3 is 2.27 bits per heavy atom. The maximum atomic E-state index is 13.4. The smallest absolute Gasteiger partial charge is 0.414 e. The minimum atomic E-state index is -1.82. The molecule has 10 heteroatoms. The summed E-state index contributed by atoms with van der Waals surface area (Å²) in [6.07, 6.45) is 3.01. The van der Waals surface area contributed by atoms with Crippen LogP contribution in [0.1, 0.15) is 47.2 Å². The van der Waals surface area contributed by atoms with Crippen LogP contribution in [0.4, 0.5) is 11.4 Å². The summed E-state index contributed by atoms with van der Waals surface area (Å²) in [5, 5.41) is 32.6. The van der Waals surface area contributed by atoms with Gasteiger partial charge in [-0.3, -0.25) is 20.2 Å². The highest BCUT2D eigenvalue weighted by atomic mass is 16.6. The van der Waals surface area contributed by atoms with Gasteiger partial charge in [-0.25, -0.2) is 9.59 Å². The summed E-state index contributed by atoms with van der Waals surface area (Å²) in [7, 11) is 0. The van der Waals surface area contributed by atoms with Gasteiger partial charge in [0.1, 0.15) is 11.7 Å². The second kappa shape index (κ2) is 12.4. The molecule has 0 saturated heterocycles. The summed E-state index contributed by atoms with van der Waals surface area (Å²) in [5.41, 5.74) is 4.19. The molecule has 0 aliphatic heterocycles. The molecule has 2 unspecified atom stereocenters. The molecule has 0 heterocycles. The van der Waals surface area contributed by atoms with Crippen molar-refractivity contribution in [3.63, 3.8) is 0 Å². The Labute approximate surface area is 213 Å². The predicted octanol–water partition coefficient (Wildman–Crippen LogP) is 4.41. The van der Waals surface area contributed by atoms with E-state index in [1.165, 1.54) is 17.2 Å². The summed E-state index contributed by atoms with van der Waals surface area (Å²) in [5.74, 6) is -3.97. The topological polar surface area (TPSA) is 159 Å². The highest BCUT2D eigenvalue weighted by Crippen LogP contribution is 2.33. The number of fused-ring (bicyclic) bond motifs is 1. The number of nitro benzene ring substituents is 1. The highest BCUT2D eigenvalue weighted by molar-refractivity contribution is 6.27. The lowest BCUT2D eigenvalue weighted by molar-refractivity contribution is -0.384. The third kappa shape index (κ3) is 7.21. The quantitative estimate of drug-likeness (QED) is 0.218. The standard InChI is InChI=1S/C25H25N3O3.C2H2O4/c1-17-14-15-22(23(16-17)28(30)31)27-25(29)24(19-9-3-2-4-10-19)26-21-13-7-11-18-8-5-6-12-20(18)21;3-1(4)2(5)6/h2-6,8-10,12,14-16,21,24,26H,7,11,13H2,1H3,(H,27,29);(H,3,4)(H,5,6). The van der Waals surface area contributed by atoms with E-state index in [9.17, 15) is 14.9 Å². The van der Waals surface area contributed by atoms with Crippen LogP contribution in [0.15, 0.2) is 72.8 Å². The number of carbonyl (C=O) groups excluding carboxylic acids is 1. The number of hydrogen-bond acceptors (Lipinski definition) is 6. The van der Waals surface area contributed by atoms with Gasteiger partial charge in [-0.2, -0.15) is 0 Å². The fourth-order valence-corrected chi connectivity index (χ4v) is 4.20. The van der Waals surface area contributed by atoms with Crippen LogP contribution in [0.5, 0.6) is 0 Å². The van der Waals surface area contributed by atoms with Crippen LogP contribution in [0.2, 0.25) is 0 Å². The number of rotatable bonds is 6. The molecule has 37 heavy (non-hydrogen) atoms. The molecule has 3 aromatic rings. The van der Waals surface area contributed by atoms with Crippen molar-refractivity contribution in [3.05, 3.63) is 105 Å². The fraction of sp³-hybridized carbons (Fsp3) is 0.222. The number of carbonyl (C=O) groups is 3. The van der Waals surface area contributed by atoms with Crippen LogP contribution in [0.25, 0.3) is 0 Å². The van der Waals surface area contributed by atoms with Gasteiger partial charge < -0.3 is 15.5 Å². The summed E-state index contributed by atoms with van der Waals surface area (Å²) in [6, 6.07) is 22.0. The summed E-state index contributed by atoms with van der Waals surface area (Å²) in [4.78, 5) is 42.6. The minimum absolute atomic E-state index is 0.0360. The molecule has 0 saturated carbocycles. The second-order valence-electron chi connectivity index (χ2n) is 8.53. The van der Waals surface area contributed by atoms with Gasteiger partial charge in [0.2, 0.25) is 5.91 Å². The summed E-state index contributed by atoms with van der Waals surface area (Å²) < 4.78 is 0. The van der Waals surface area contributed by atoms with Crippen molar-refractivity contribution in [1.82, 2.24) is 5.32 Å². The van der Waals surface area contributed by atoms with Gasteiger partial charge in [-0.15, -0.1) is 0 Å². The first-order valence-corrected chi connectivity index (χ1v) is 11.6. The average molecular weight is 506 g/mol. The fourth-order valence-electron chi connectivity index (χ4n) is 4.20. The van der Waals surface area contributed by atoms with Gasteiger partial charge in [0.15, 0.2) is 0 Å². The van der Waals surface area contributed by atoms with E-state index in [1.807, 2.05) is 42.5 Å². The number of benzene rings is 3. The molecule has 4 rings (SSSR count). The summed E-state index contributed by atoms with van der Waals surface area (Å²) >= 11 is 0. The molecular formula is C27H27N3O7. The molecule has 0 radical (unpaired) electrons. The number of anilines is 1. The van der Waals surface area contributed by atoms with Crippen molar-refractivity contribution < 1.29 is 29.5 Å². The van der Waals surface area contributed by atoms with Crippen LogP contribution in [0.3, 0.4) is 0 Å². The molecule has 1 aliphatic carbocycles. The van der Waals surface area contributed by atoms with Crippen molar-refractivity contribution in [2.45, 2.75) is 38.3 Å². The minimum Gasteiger partial charge on any atom is -0.473 e. The van der Waals surface area contributed by atoms with Crippen molar-refractivity contribution >= 4 is 29.2 Å². The van der Waals surface area contributed by atoms with Crippen molar-refractivity contribution in [1.29, 1.82) is 0 Å². The molecule has 4 N–H and O–H groups in total. The van der Waals surface area contributed by atoms with E-state index in [-0.39, 0.29) is 23.3 Å². The van der Waals surface area contributed by atoms with Crippen molar-refractivity contribution in [3.8, 4) is 0 Å². The van der Waals surface area contributed by atoms with Gasteiger partial charge in [0, 0.05) is 12.1 Å². The zero-order valence-corrected chi connectivity index (χ0v) is 20.1. The van der Waals surface area contributed by atoms with E-state index in [2.05, 4.69) is 22.8 Å². The van der Waals surface area contributed by atoms with Gasteiger partial charge in [0.25, 0.3) is 5.69 Å². The maximum Gasteiger partial charge on any atom is 0.414 e. The SMILES string of the molecule is Cc1ccc(NC(=O)C(NC2CCCc3ccccc32)c2ccccc2)c([N+](=O)[O-])c1.O=C(O)C(=O)O. The molecular weight excluding hydrogens is 478 g/mol. The normalized spacial score (nSPS) is 14.8. The lowest BCUT2D eigenvalue weighted by Gasteiger charge is -2.30. The van der Waals surface area contributed by atoms with E-state index in [0.29, 0.717) is 0 Å². The van der Waals surface area contributed by atoms with Crippen LogP contribution in [-0.2, 0) is 20.8 Å². The number of aryl methyl sites for hydroxylation is 2. The van der Waals surface area contributed by atoms with E-state index >= 15 is 0 Å². The number of aliphatic carboxylic acids is 2. The number of carboxylic acid groups (broad SMARTS) is 2. The zero-order valence-electron chi connectivity index (χ0n) is 20.1. The van der Waals surface area contributed by atoms with Crippen molar-refractivity contribution in [2.24, 2.45) is 0 Å². The van der Waals surface area contributed by atoms with Gasteiger partial charge in [0.05, 0.1) is 4.92 Å². The Balaban J connectivity index is 0.000000568. The number of nitrogens with zero attached hydrogens (tertiary/aromatic N) is 1. The first kappa shape index (κ1) is 27.0. The van der Waals surface area contributed by atoms with Crippen LogP contribution >= 0.6 is 0 Å². The number of carboxylic acids is 2. The van der Waals surface area contributed by atoms with Crippen LogP contribution < -0.4 is 10.6 Å². The monoisotopic (exact) mass is 505 g/mol. The molecule has 1 amide bonds. The van der Waals surface area contributed by atoms with E-state index in [4.69, 9.17) is 19.8 Å². The van der Waals surface area contributed by atoms with Crippen LogP contribution in [-0.4, -0.2) is 33.0 Å². The number of amides is 1. The maximum absolute atomic E-state index is 13.4. The molecule has 10 nitrogen and oxygen atoms in total. The third-order valence-electron chi connectivity index (χ3n) is 5.92. The Bertz CT molecular complexity index is 1280. The number of nitro groups is 1. The molecule has 0 aromatic heterocycles. The van der Waals surface area contributed by atoms with Gasteiger partial charge in [-0.1, -0.05) is 60.7 Å². The molecule has 0 fully saturated rings. The first-order chi connectivity index (χ1) is 17.7. The lowest BCUT2D eigenvalue weighted by atomic mass is 9.87. The first-order valence-electron chi connectivity index (χ1n) is 11.6. The molecule has 3 aromatic carbocycles. The molecule has 0 bridgehead atoms. The lowest BCUT2D eigenvalue weighted by Crippen LogP contribution is -2.37. The molecule has 1 aliphatic rings. The van der Waals surface area contributed by atoms with Crippen LogP contribution in [0, 0.1) is 17.0 Å². The van der Waals surface area contributed by atoms with E-state index in [0.717, 1.165) is 30.4 Å². The molecule has 2 atom stereocenters. The number of nitrogens with one attached hydrogen (secondary N) is 2. The Kier molecular flexibility index (Phi) is 9.06. The Morgan fingerprint density at radius 1 is 0.973 bits per heavy atom. The van der Waals surface area contributed by atoms with Gasteiger partial charge >= 0.3 is 11.9 Å².